The number of primary amides is 1. The van der Waals surface area contributed by atoms with E-state index in [1.807, 2.05) is 81.2 Å². The summed E-state index contributed by atoms with van der Waals surface area (Å²) < 4.78 is 12.0. The van der Waals surface area contributed by atoms with Crippen molar-refractivity contribution in [2.45, 2.75) is 85.5 Å². The molecule has 0 unspecified atom stereocenters. The Bertz CT molecular complexity index is 2580. The molecule has 7 rings (SSSR count). The number of nitrogens with one attached hydrogen (secondary N) is 5. The number of amides is 2. The van der Waals surface area contributed by atoms with Gasteiger partial charge in [-0.1, -0.05) is 32.9 Å². The summed E-state index contributed by atoms with van der Waals surface area (Å²) in [5, 5.41) is 14.6. The number of carbonyl (C=O) groups excluding carboxylic acids is 3. The number of benzene rings is 2. The summed E-state index contributed by atoms with van der Waals surface area (Å²) in [4.78, 5) is 54.4. The zero-order chi connectivity index (χ0) is 47.0. The smallest absolute Gasteiger partial charge is 0.269 e. The molecule has 21 heteroatoms. The molecule has 0 saturated carbocycles. The van der Waals surface area contributed by atoms with E-state index in [1.54, 1.807) is 41.7 Å². The standard InChI is InChI=1S/C36H47N12O3S2.C7H10N2O.C2H6.Rf/c1-5-25-32(53-22(2)42-25)34(50)45-36-44-26-17-23(21-41-38)18-29(52-4)31(26)48(36)13-7-6-12-47-30-27(43-35(47)39-3)19-24(33(37)49)20-28(30)51-16-8-11-46-14-9-40-10-15-46;1-3-9-7(5-10)4-6(2)8-9;1-2;/h6-7,17-20,38,40-41H,5,8-16,21H2,1-4H3,(H2,37,49)(H,39,43)(H,44,45,50);4-5H,3H2,1-2H3;1-2H3;/q-1;;;/b7-6+;;;. The largest absolute Gasteiger partial charge is 0.612 e. The van der Waals surface area contributed by atoms with Gasteiger partial charge in [-0.05, 0) is 75.8 Å². The minimum absolute atomic E-state index is 0. The Morgan fingerprint density at radius 3 is 2.27 bits per heavy atom. The van der Waals surface area contributed by atoms with Crippen LogP contribution < -0.4 is 31.8 Å². The number of allylic oxidation sites excluding steroid dienone is 2. The first-order valence-electron chi connectivity index (χ1n) is 22.0. The summed E-state index contributed by atoms with van der Waals surface area (Å²) >= 11 is 2.96. The van der Waals surface area contributed by atoms with Crippen molar-refractivity contribution in [2.24, 2.45) is 5.73 Å². The van der Waals surface area contributed by atoms with Gasteiger partial charge in [-0.25, -0.2) is 15.0 Å². The number of thiazole rings is 1. The number of aldehydes is 1. The third-order valence-electron chi connectivity index (χ3n) is 10.4. The molecule has 0 spiro atoms. The van der Waals surface area contributed by atoms with Gasteiger partial charge in [0, 0.05) is 76.4 Å². The first-order valence-corrected chi connectivity index (χ1v) is 24.0. The van der Waals surface area contributed by atoms with E-state index in [1.165, 1.54) is 11.3 Å². The summed E-state index contributed by atoms with van der Waals surface area (Å²) in [5.74, 6) is 8.33. The van der Waals surface area contributed by atoms with Crippen molar-refractivity contribution in [3.63, 3.8) is 0 Å². The van der Waals surface area contributed by atoms with E-state index in [0.717, 1.165) is 95.4 Å². The van der Waals surface area contributed by atoms with Gasteiger partial charge in [0.1, 0.15) is 21.8 Å². The van der Waals surface area contributed by atoms with Crippen LogP contribution in [0.3, 0.4) is 0 Å². The Kier molecular flexibility index (Phi) is 19.8. The number of imidazole rings is 2. The number of hydrogen-bond acceptors (Lipinski definition) is 14. The molecule has 4 aromatic heterocycles. The van der Waals surface area contributed by atoms with E-state index in [-0.39, 0.29) is 5.91 Å². The first-order chi connectivity index (χ1) is 31.5. The summed E-state index contributed by atoms with van der Waals surface area (Å²) in [6, 6.07) is 9.17. The average Bonchev–Trinajstić information content (AvgIpc) is 4.09. The fourth-order valence-electron chi connectivity index (χ4n) is 7.49. The number of aromatic nitrogens is 7. The normalized spacial score (nSPS) is 12.6. The van der Waals surface area contributed by atoms with Crippen molar-refractivity contribution < 1.29 is 19.1 Å². The van der Waals surface area contributed by atoms with Crippen LogP contribution >= 0.6 is 23.1 Å². The van der Waals surface area contributed by atoms with Crippen LogP contribution in [0, 0.1) is 13.8 Å². The molecule has 0 radical (unpaired) electrons. The summed E-state index contributed by atoms with van der Waals surface area (Å²) in [6.45, 7) is 19.1. The summed E-state index contributed by atoms with van der Waals surface area (Å²) in [6.07, 6.45) is 8.39. The van der Waals surface area contributed by atoms with E-state index < -0.39 is 5.91 Å². The molecule has 6 aromatic rings. The predicted octanol–water partition coefficient (Wildman–Crippen LogP) is 6.87. The number of piperazine rings is 1. The molecule has 1 fully saturated rings. The van der Waals surface area contributed by atoms with Crippen LogP contribution in [0.1, 0.15) is 86.6 Å². The van der Waals surface area contributed by atoms with E-state index >= 15 is 0 Å². The number of aryl methyl sites for hydroxylation is 4. The summed E-state index contributed by atoms with van der Waals surface area (Å²) in [5.41, 5.74) is 14.7. The van der Waals surface area contributed by atoms with Crippen LogP contribution in [-0.4, -0.2) is 110 Å². The molecule has 2 aromatic carbocycles. The summed E-state index contributed by atoms with van der Waals surface area (Å²) in [7, 11) is 1.81. The van der Waals surface area contributed by atoms with Gasteiger partial charge in [0.15, 0.2) is 6.29 Å². The number of thioether (sulfide) groups is 1. The molecule has 1 saturated heterocycles. The van der Waals surface area contributed by atoms with Crippen molar-refractivity contribution in [2.75, 3.05) is 63.3 Å². The van der Waals surface area contributed by atoms with Crippen LogP contribution in [0.15, 0.2) is 47.4 Å². The maximum absolute atomic E-state index is 13.6. The Balaban J connectivity index is 0.000000642. The molecule has 2 amide bonds. The molecular formula is C45H63N14O4RfS2-. The number of nitrogens with two attached hydrogens (primary N) is 1. The van der Waals surface area contributed by atoms with Crippen LogP contribution in [-0.2, 0) is 32.6 Å². The van der Waals surface area contributed by atoms with E-state index in [4.69, 9.17) is 26.3 Å². The van der Waals surface area contributed by atoms with E-state index in [9.17, 15) is 14.4 Å². The minimum Gasteiger partial charge on any atom is -0.612 e. The molecule has 18 nitrogen and oxygen atoms in total. The molecule has 0 bridgehead atoms. The topological polar surface area (TPSA) is 228 Å². The van der Waals surface area contributed by atoms with Gasteiger partial charge in [-0.3, -0.25) is 24.4 Å². The average molecular weight is 1200 g/mol. The zero-order valence-electron chi connectivity index (χ0n) is 39.4. The minimum atomic E-state index is -0.544. The number of rotatable bonds is 19. The van der Waals surface area contributed by atoms with Crippen LogP contribution in [0.5, 0.6) is 5.75 Å². The first kappa shape index (κ1) is 52.0. The van der Waals surface area contributed by atoms with Gasteiger partial charge >= 0.3 is 0 Å². The molecule has 66 heavy (non-hydrogen) atoms. The Labute approximate surface area is 388 Å². The van der Waals surface area contributed by atoms with Crippen molar-refractivity contribution in [3.05, 3.63) is 86.4 Å². The Morgan fingerprint density at radius 1 is 0.985 bits per heavy atom. The number of anilines is 2. The fraction of sp³-hybridized carbons (Fsp3) is 0.444. The molecule has 5 heterocycles. The van der Waals surface area contributed by atoms with Crippen LogP contribution in [0.4, 0.5) is 11.9 Å². The van der Waals surface area contributed by atoms with Gasteiger partial charge in [0.25, 0.3) is 5.91 Å². The number of nitrogens with zero attached hydrogens (tertiary/aromatic N) is 8. The molecule has 0 aliphatic carbocycles. The van der Waals surface area contributed by atoms with Crippen molar-refractivity contribution in [1.29, 1.82) is 0 Å². The monoisotopic (exact) mass is 1190 g/mol. The van der Waals surface area contributed by atoms with Gasteiger partial charge in [-0.15, -0.1) is 23.1 Å². The van der Waals surface area contributed by atoms with Gasteiger partial charge in [0.05, 0.1) is 39.6 Å². The van der Waals surface area contributed by atoms with Gasteiger partial charge in [-0.2, -0.15) is 5.10 Å². The molecule has 1 aliphatic heterocycles. The number of carbonyl (C=O) groups is 3. The van der Waals surface area contributed by atoms with Crippen molar-refractivity contribution in [3.8, 4) is 5.75 Å². The van der Waals surface area contributed by atoms with Crippen molar-refractivity contribution >= 4 is 75.2 Å². The van der Waals surface area contributed by atoms with Crippen LogP contribution in [0.2, 0.25) is 0 Å². The fourth-order valence-corrected chi connectivity index (χ4v) is 9.07. The third-order valence-corrected chi connectivity index (χ3v) is 12.2. The molecule has 7 N–H and O–H groups in total. The predicted molar refractivity (Wildman–Crippen MR) is 263 cm³/mol. The molecule has 1 aliphatic rings. The second-order valence-corrected chi connectivity index (χ2v) is 16.8. The molecule has 352 valence electrons. The van der Waals surface area contributed by atoms with Crippen molar-refractivity contribution in [1.82, 2.24) is 49.5 Å². The maximum Gasteiger partial charge on any atom is 0.269 e. The Hall–Kier alpha value is -6.64. The number of fused-ring (bicyclic) bond motifs is 2. The Morgan fingerprint density at radius 2 is 1.67 bits per heavy atom. The molecule has 0 atom stereocenters. The molecular weight excluding hydrogens is 1130 g/mol. The van der Waals surface area contributed by atoms with E-state index in [2.05, 4.69) is 36.4 Å². The quantitative estimate of drug-likeness (QED) is 0.0184. The number of ether oxygens (including phenoxy) is 1. The zero-order valence-corrected chi connectivity index (χ0v) is 47.4. The SMILES string of the molecule is CC.CCc1nc(C)sc1C(=O)Nc1nc2cc(CN[NH-])cc(SC)c2n1C/C=C/Cn1c(NC)nc2cc(C(N)=O)cc(OCCCN3CCNCC3)c21.CCn1nc(C)cc1C=O.[Rf]. The van der Waals surface area contributed by atoms with Gasteiger partial charge in [0.2, 0.25) is 17.8 Å². The third kappa shape index (κ3) is 12.6. The second-order valence-electron chi connectivity index (χ2n) is 14.8. The number of hydrogen-bond donors (Lipinski definition) is 5. The maximum atomic E-state index is 13.6. The van der Waals surface area contributed by atoms with Gasteiger partial charge < -0.3 is 46.4 Å². The van der Waals surface area contributed by atoms with Crippen LogP contribution in [0.25, 0.3) is 27.9 Å². The second kappa shape index (κ2) is 25.2. The van der Waals surface area contributed by atoms with E-state index in [0.29, 0.717) is 72.0 Å².